The molecule has 0 spiro atoms. The standard InChI is InChI=1S/C11H18O2/c1-6-8(10(12)13)4-7-5-9(6)11(7,2)3/h6-9H,4-5H2,1-3H3,(H,12,13)/t6-,7-,8+,9+/m0/s1. The number of hydrogen-bond acceptors (Lipinski definition) is 1. The van der Waals surface area contributed by atoms with Crippen LogP contribution in [0.15, 0.2) is 0 Å². The number of carbonyl (C=O) groups is 1. The summed E-state index contributed by atoms with van der Waals surface area (Å²) in [6.07, 6.45) is 2.16. The van der Waals surface area contributed by atoms with Crippen molar-refractivity contribution in [1.29, 1.82) is 0 Å². The second kappa shape index (κ2) is 2.49. The van der Waals surface area contributed by atoms with Crippen molar-refractivity contribution in [2.75, 3.05) is 0 Å². The van der Waals surface area contributed by atoms with Crippen LogP contribution < -0.4 is 0 Å². The first kappa shape index (κ1) is 9.04. The molecule has 0 amide bonds. The quantitative estimate of drug-likeness (QED) is 0.676. The van der Waals surface area contributed by atoms with Gasteiger partial charge in [-0.15, -0.1) is 0 Å². The van der Waals surface area contributed by atoms with Crippen molar-refractivity contribution in [1.82, 2.24) is 0 Å². The lowest BCUT2D eigenvalue weighted by atomic mass is 9.43. The van der Waals surface area contributed by atoms with Crippen molar-refractivity contribution >= 4 is 5.97 Å². The van der Waals surface area contributed by atoms with Crippen molar-refractivity contribution in [3.05, 3.63) is 0 Å². The average Bonchev–Trinajstić information content (AvgIpc) is 2.02. The first-order valence-electron chi connectivity index (χ1n) is 5.17. The van der Waals surface area contributed by atoms with E-state index in [2.05, 4.69) is 20.8 Å². The van der Waals surface area contributed by atoms with Gasteiger partial charge in [0.2, 0.25) is 0 Å². The second-order valence-corrected chi connectivity index (χ2v) is 5.40. The fraction of sp³-hybridized carbons (Fsp3) is 0.909. The lowest BCUT2D eigenvalue weighted by Crippen LogP contribution is -2.56. The van der Waals surface area contributed by atoms with Gasteiger partial charge in [0.05, 0.1) is 5.92 Å². The van der Waals surface area contributed by atoms with Crippen LogP contribution in [0, 0.1) is 29.1 Å². The molecule has 13 heavy (non-hydrogen) atoms. The molecule has 1 N–H and O–H groups in total. The molecule has 3 fully saturated rings. The Morgan fingerprint density at radius 1 is 1.38 bits per heavy atom. The lowest BCUT2D eigenvalue weighted by molar-refractivity contribution is -0.167. The van der Waals surface area contributed by atoms with Crippen LogP contribution in [0.1, 0.15) is 33.6 Å². The Labute approximate surface area is 79.3 Å². The van der Waals surface area contributed by atoms with Gasteiger partial charge < -0.3 is 5.11 Å². The summed E-state index contributed by atoms with van der Waals surface area (Å²) >= 11 is 0. The summed E-state index contributed by atoms with van der Waals surface area (Å²) in [6.45, 7) is 6.70. The summed E-state index contributed by atoms with van der Waals surface area (Å²) in [5.41, 5.74) is 0.408. The predicted octanol–water partition coefficient (Wildman–Crippen LogP) is 2.39. The molecule has 0 unspecified atom stereocenters. The fourth-order valence-electron chi connectivity index (χ4n) is 3.48. The number of carboxylic acids is 1. The van der Waals surface area contributed by atoms with E-state index in [-0.39, 0.29) is 5.92 Å². The van der Waals surface area contributed by atoms with E-state index < -0.39 is 5.97 Å². The summed E-state index contributed by atoms with van der Waals surface area (Å²) in [5.74, 6) is 1.02. The molecule has 74 valence electrons. The maximum absolute atomic E-state index is 10.9. The van der Waals surface area contributed by atoms with Gasteiger partial charge in [0.15, 0.2) is 0 Å². The zero-order valence-electron chi connectivity index (χ0n) is 8.58. The van der Waals surface area contributed by atoms with Gasteiger partial charge in [-0.05, 0) is 36.0 Å². The van der Waals surface area contributed by atoms with Crippen molar-refractivity contribution < 1.29 is 9.90 Å². The van der Waals surface area contributed by atoms with Gasteiger partial charge in [0.25, 0.3) is 0 Å². The van der Waals surface area contributed by atoms with Gasteiger partial charge in [-0.3, -0.25) is 4.79 Å². The van der Waals surface area contributed by atoms with Gasteiger partial charge in [-0.1, -0.05) is 20.8 Å². The largest absolute Gasteiger partial charge is 0.481 e. The molecule has 3 aliphatic rings. The third kappa shape index (κ3) is 1.04. The predicted molar refractivity (Wildman–Crippen MR) is 50.3 cm³/mol. The van der Waals surface area contributed by atoms with Crippen molar-refractivity contribution in [3.8, 4) is 0 Å². The monoisotopic (exact) mass is 182 g/mol. The lowest BCUT2D eigenvalue weighted by Gasteiger charge is -2.61. The number of rotatable bonds is 1. The zero-order valence-corrected chi connectivity index (χ0v) is 8.58. The zero-order chi connectivity index (χ0) is 9.80. The van der Waals surface area contributed by atoms with E-state index in [0.29, 0.717) is 23.2 Å². The van der Waals surface area contributed by atoms with Crippen LogP contribution in [-0.2, 0) is 4.79 Å². The second-order valence-electron chi connectivity index (χ2n) is 5.40. The van der Waals surface area contributed by atoms with E-state index in [1.807, 2.05) is 0 Å². The highest BCUT2D eigenvalue weighted by Gasteiger charge is 2.57. The topological polar surface area (TPSA) is 37.3 Å². The Balaban J connectivity index is 2.16. The Hall–Kier alpha value is -0.530. The van der Waals surface area contributed by atoms with Gasteiger partial charge in [0.1, 0.15) is 0 Å². The van der Waals surface area contributed by atoms with Gasteiger partial charge in [-0.2, -0.15) is 0 Å². The first-order valence-corrected chi connectivity index (χ1v) is 5.17. The summed E-state index contributed by atoms with van der Waals surface area (Å²) in [4.78, 5) is 10.9. The van der Waals surface area contributed by atoms with Crippen molar-refractivity contribution in [2.45, 2.75) is 33.6 Å². The highest BCUT2D eigenvalue weighted by atomic mass is 16.4. The molecule has 0 heterocycles. The highest BCUT2D eigenvalue weighted by molar-refractivity contribution is 5.70. The molecule has 2 heteroatoms. The summed E-state index contributed by atoms with van der Waals surface area (Å²) in [6, 6.07) is 0. The van der Waals surface area contributed by atoms with Gasteiger partial charge in [0, 0.05) is 0 Å². The summed E-state index contributed by atoms with van der Waals surface area (Å²) in [5, 5.41) is 9.02. The minimum atomic E-state index is -0.585. The van der Waals surface area contributed by atoms with Crippen LogP contribution in [0.3, 0.4) is 0 Å². The molecule has 0 saturated heterocycles. The normalized spacial score (nSPS) is 46.7. The Bertz CT molecular complexity index is 244. The smallest absolute Gasteiger partial charge is 0.306 e. The molecule has 0 aromatic rings. The Morgan fingerprint density at radius 2 is 2.00 bits per heavy atom. The number of fused-ring (bicyclic) bond motifs is 2. The highest BCUT2D eigenvalue weighted by Crippen LogP contribution is 2.62. The maximum atomic E-state index is 10.9. The van der Waals surface area contributed by atoms with Crippen molar-refractivity contribution in [2.24, 2.45) is 29.1 Å². The minimum absolute atomic E-state index is 0.0724. The first-order chi connectivity index (χ1) is 5.94. The maximum Gasteiger partial charge on any atom is 0.306 e. The molecule has 0 radical (unpaired) electrons. The minimum Gasteiger partial charge on any atom is -0.481 e. The SMILES string of the molecule is C[C@@H]1[C@H]2C[C@H](C[C@H]1C(=O)O)C2(C)C. The van der Waals surface area contributed by atoms with E-state index in [1.54, 1.807) is 0 Å². The Morgan fingerprint density at radius 3 is 2.38 bits per heavy atom. The molecule has 0 aromatic carbocycles. The van der Waals surface area contributed by atoms with Crippen LogP contribution in [0.4, 0.5) is 0 Å². The third-order valence-corrected chi connectivity index (χ3v) is 4.67. The summed E-state index contributed by atoms with van der Waals surface area (Å²) < 4.78 is 0. The number of hydrogen-bond donors (Lipinski definition) is 1. The summed E-state index contributed by atoms with van der Waals surface area (Å²) in [7, 11) is 0. The van der Waals surface area contributed by atoms with E-state index in [1.165, 1.54) is 6.42 Å². The van der Waals surface area contributed by atoms with E-state index >= 15 is 0 Å². The molecular weight excluding hydrogens is 164 g/mol. The fourth-order valence-corrected chi connectivity index (χ4v) is 3.48. The number of carboxylic acid groups (broad SMARTS) is 1. The van der Waals surface area contributed by atoms with E-state index in [4.69, 9.17) is 5.11 Å². The van der Waals surface area contributed by atoms with Gasteiger partial charge in [-0.25, -0.2) is 0 Å². The molecule has 3 aliphatic carbocycles. The van der Waals surface area contributed by atoms with Crippen LogP contribution in [0.5, 0.6) is 0 Å². The molecule has 2 nitrogen and oxygen atoms in total. The molecule has 3 saturated carbocycles. The molecule has 4 atom stereocenters. The van der Waals surface area contributed by atoms with E-state index in [0.717, 1.165) is 6.42 Å². The third-order valence-electron chi connectivity index (χ3n) is 4.67. The molecule has 0 aliphatic heterocycles. The Kier molecular flexibility index (Phi) is 1.73. The van der Waals surface area contributed by atoms with Crippen LogP contribution >= 0.6 is 0 Å². The average molecular weight is 182 g/mol. The van der Waals surface area contributed by atoms with Gasteiger partial charge >= 0.3 is 5.97 Å². The molecule has 2 bridgehead atoms. The van der Waals surface area contributed by atoms with Crippen LogP contribution in [-0.4, -0.2) is 11.1 Å². The van der Waals surface area contributed by atoms with Crippen LogP contribution in [0.2, 0.25) is 0 Å². The molecular formula is C11H18O2. The number of aliphatic carboxylic acids is 1. The molecule has 3 rings (SSSR count). The van der Waals surface area contributed by atoms with Crippen molar-refractivity contribution in [3.63, 3.8) is 0 Å². The van der Waals surface area contributed by atoms with Crippen LogP contribution in [0.25, 0.3) is 0 Å². The molecule has 0 aromatic heterocycles. The van der Waals surface area contributed by atoms with E-state index in [9.17, 15) is 4.79 Å².